The summed E-state index contributed by atoms with van der Waals surface area (Å²) in [6.45, 7) is 1.89. The number of rotatable bonds is 5. The van der Waals surface area contributed by atoms with Crippen LogP contribution in [0.1, 0.15) is 32.1 Å². The number of anilines is 1. The van der Waals surface area contributed by atoms with Gasteiger partial charge in [-0.25, -0.2) is 9.78 Å². The van der Waals surface area contributed by atoms with E-state index < -0.39 is 0 Å². The van der Waals surface area contributed by atoms with Crippen LogP contribution in [0.5, 0.6) is 0 Å². The molecule has 1 saturated heterocycles. The number of ether oxygens (including phenoxy) is 1. The van der Waals surface area contributed by atoms with Gasteiger partial charge in [-0.05, 0) is 32.1 Å². The van der Waals surface area contributed by atoms with Crippen LogP contribution in [0.15, 0.2) is 17.2 Å². The van der Waals surface area contributed by atoms with Gasteiger partial charge in [-0.1, -0.05) is 0 Å². The van der Waals surface area contributed by atoms with Crippen LogP contribution < -0.4 is 21.1 Å². The molecule has 2 aliphatic rings. The van der Waals surface area contributed by atoms with Gasteiger partial charge in [0.15, 0.2) is 5.82 Å². The average molecular weight is 335 g/mol. The Morgan fingerprint density at radius 1 is 1.50 bits per heavy atom. The predicted molar refractivity (Wildman–Crippen MR) is 90.2 cm³/mol. The Kier molecular flexibility index (Phi) is 5.03. The number of aromatic nitrogens is 2. The summed E-state index contributed by atoms with van der Waals surface area (Å²) in [6, 6.07) is -0.180. The molecule has 8 nitrogen and oxygen atoms in total. The van der Waals surface area contributed by atoms with Gasteiger partial charge in [0.1, 0.15) is 0 Å². The first-order chi connectivity index (χ1) is 11.6. The number of piperidine rings is 1. The minimum absolute atomic E-state index is 0.0000385. The van der Waals surface area contributed by atoms with Crippen LogP contribution in [0, 0.1) is 0 Å². The number of hydrogen-bond acceptors (Lipinski definition) is 5. The molecular formula is C16H25N5O3. The number of amides is 2. The number of H-pyrrole nitrogens is 1. The molecule has 2 fully saturated rings. The molecule has 24 heavy (non-hydrogen) atoms. The van der Waals surface area contributed by atoms with E-state index in [0.717, 1.165) is 38.6 Å². The Hall–Kier alpha value is -2.09. The highest BCUT2D eigenvalue weighted by molar-refractivity contribution is 5.74. The van der Waals surface area contributed by atoms with Gasteiger partial charge in [0.25, 0.3) is 5.56 Å². The molecule has 1 atom stereocenters. The Morgan fingerprint density at radius 2 is 2.33 bits per heavy atom. The lowest BCUT2D eigenvalue weighted by atomic mass is 9.80. The number of aromatic amines is 1. The second kappa shape index (κ2) is 7.21. The van der Waals surface area contributed by atoms with Gasteiger partial charge in [0.2, 0.25) is 0 Å². The molecular weight excluding hydrogens is 310 g/mol. The van der Waals surface area contributed by atoms with E-state index in [1.165, 1.54) is 6.20 Å². The second-order valence-electron chi connectivity index (χ2n) is 6.59. The third-order valence-electron chi connectivity index (χ3n) is 5.01. The first kappa shape index (κ1) is 16.8. The van der Waals surface area contributed by atoms with Crippen LogP contribution >= 0.6 is 0 Å². The third-order valence-corrected chi connectivity index (χ3v) is 5.01. The van der Waals surface area contributed by atoms with Crippen molar-refractivity contribution in [1.29, 1.82) is 0 Å². The molecule has 0 radical (unpaired) electrons. The van der Waals surface area contributed by atoms with E-state index >= 15 is 0 Å². The van der Waals surface area contributed by atoms with Crippen molar-refractivity contribution in [2.24, 2.45) is 0 Å². The lowest BCUT2D eigenvalue weighted by molar-refractivity contribution is -0.0674. The van der Waals surface area contributed by atoms with Crippen LogP contribution in [0.4, 0.5) is 10.6 Å². The molecule has 3 N–H and O–H groups in total. The van der Waals surface area contributed by atoms with Crippen LogP contribution in [-0.2, 0) is 4.74 Å². The van der Waals surface area contributed by atoms with Gasteiger partial charge >= 0.3 is 6.03 Å². The van der Waals surface area contributed by atoms with Crippen molar-refractivity contribution in [3.05, 3.63) is 22.7 Å². The smallest absolute Gasteiger partial charge is 0.315 e. The first-order valence-electron chi connectivity index (χ1n) is 8.50. The summed E-state index contributed by atoms with van der Waals surface area (Å²) in [4.78, 5) is 32.7. The van der Waals surface area contributed by atoms with Crippen molar-refractivity contribution in [2.75, 3.05) is 31.6 Å². The highest BCUT2D eigenvalue weighted by Gasteiger charge is 2.37. The number of nitrogens with zero attached hydrogens (tertiary/aromatic N) is 2. The first-order valence-corrected chi connectivity index (χ1v) is 8.50. The molecule has 3 rings (SSSR count). The summed E-state index contributed by atoms with van der Waals surface area (Å²) in [5.41, 5.74) is -0.383. The van der Waals surface area contributed by atoms with Crippen LogP contribution in [0.3, 0.4) is 0 Å². The SMILES string of the molecule is COC1(CNC(=O)NC2CCCN(c3ncc[nH]c3=O)C2)CCC1. The van der Waals surface area contributed by atoms with Gasteiger partial charge in [-0.15, -0.1) is 0 Å². The molecule has 0 bridgehead atoms. The molecule has 0 aromatic carbocycles. The molecule has 1 aromatic rings. The monoisotopic (exact) mass is 335 g/mol. The van der Waals surface area contributed by atoms with E-state index in [1.54, 1.807) is 13.3 Å². The van der Waals surface area contributed by atoms with E-state index in [4.69, 9.17) is 4.74 Å². The van der Waals surface area contributed by atoms with Crippen molar-refractivity contribution in [2.45, 2.75) is 43.7 Å². The summed E-state index contributed by atoms with van der Waals surface area (Å²) in [6.07, 6.45) is 8.02. The van der Waals surface area contributed by atoms with Crippen LogP contribution in [0.2, 0.25) is 0 Å². The van der Waals surface area contributed by atoms with Gasteiger partial charge in [-0.2, -0.15) is 0 Å². The van der Waals surface area contributed by atoms with E-state index in [9.17, 15) is 9.59 Å². The van der Waals surface area contributed by atoms with Crippen molar-refractivity contribution in [1.82, 2.24) is 20.6 Å². The zero-order chi connectivity index (χ0) is 17.0. The Labute approximate surface area is 141 Å². The summed E-state index contributed by atoms with van der Waals surface area (Å²) in [5.74, 6) is 0.414. The lowest BCUT2D eigenvalue weighted by Crippen LogP contribution is -2.55. The second-order valence-corrected chi connectivity index (χ2v) is 6.59. The summed E-state index contributed by atoms with van der Waals surface area (Å²) < 4.78 is 5.51. The zero-order valence-electron chi connectivity index (χ0n) is 14.0. The van der Waals surface area contributed by atoms with E-state index in [-0.39, 0.29) is 23.2 Å². The molecule has 1 aliphatic carbocycles. The number of nitrogens with one attached hydrogen (secondary N) is 3. The fourth-order valence-electron chi connectivity index (χ4n) is 3.36. The summed E-state index contributed by atoms with van der Waals surface area (Å²) in [7, 11) is 1.70. The van der Waals surface area contributed by atoms with Gasteiger partial charge in [0.05, 0.1) is 5.60 Å². The normalized spacial score (nSPS) is 22.5. The lowest BCUT2D eigenvalue weighted by Gasteiger charge is -2.40. The largest absolute Gasteiger partial charge is 0.376 e. The average Bonchev–Trinajstić information content (AvgIpc) is 2.55. The number of urea groups is 1. The highest BCUT2D eigenvalue weighted by atomic mass is 16.5. The van der Waals surface area contributed by atoms with Crippen molar-refractivity contribution in [3.63, 3.8) is 0 Å². The molecule has 132 valence electrons. The van der Waals surface area contributed by atoms with Crippen LogP contribution in [-0.4, -0.2) is 54.4 Å². The number of carbonyl (C=O) groups excluding carboxylic acids is 1. The molecule has 8 heteroatoms. The van der Waals surface area contributed by atoms with Crippen molar-refractivity contribution >= 4 is 11.8 Å². The maximum atomic E-state index is 12.1. The van der Waals surface area contributed by atoms with E-state index in [1.807, 2.05) is 4.90 Å². The number of hydrogen-bond donors (Lipinski definition) is 3. The molecule has 1 aromatic heterocycles. The minimum Gasteiger partial charge on any atom is -0.376 e. The molecule has 2 heterocycles. The number of methoxy groups -OCH3 is 1. The fourth-order valence-corrected chi connectivity index (χ4v) is 3.36. The quantitative estimate of drug-likeness (QED) is 0.732. The highest BCUT2D eigenvalue weighted by Crippen LogP contribution is 2.34. The van der Waals surface area contributed by atoms with Gasteiger partial charge < -0.3 is 25.3 Å². The molecule has 1 saturated carbocycles. The zero-order valence-corrected chi connectivity index (χ0v) is 14.0. The maximum Gasteiger partial charge on any atom is 0.315 e. The van der Waals surface area contributed by atoms with Crippen LogP contribution in [0.25, 0.3) is 0 Å². The van der Waals surface area contributed by atoms with Gasteiger partial charge in [-0.3, -0.25) is 4.79 Å². The standard InChI is InChI=1S/C16H25N5O3/c1-24-16(5-3-6-16)11-19-15(23)20-12-4-2-9-21(10-12)13-14(22)18-8-7-17-13/h7-8,12H,2-6,9-11H2,1H3,(H,18,22)(H2,19,20,23). The summed E-state index contributed by atoms with van der Waals surface area (Å²) >= 11 is 0. The predicted octanol–water partition coefficient (Wildman–Crippen LogP) is 0.607. The van der Waals surface area contributed by atoms with Crippen molar-refractivity contribution < 1.29 is 9.53 Å². The van der Waals surface area contributed by atoms with Crippen molar-refractivity contribution in [3.8, 4) is 0 Å². The Bertz CT molecular complexity index is 623. The molecule has 1 aliphatic heterocycles. The third kappa shape index (κ3) is 3.69. The Balaban J connectivity index is 1.51. The number of carbonyl (C=O) groups is 1. The molecule has 1 unspecified atom stereocenters. The minimum atomic E-state index is -0.199. The summed E-state index contributed by atoms with van der Waals surface area (Å²) in [5, 5.41) is 5.91. The maximum absolute atomic E-state index is 12.1. The fraction of sp³-hybridized carbons (Fsp3) is 0.688. The molecule has 0 spiro atoms. The van der Waals surface area contributed by atoms with E-state index in [0.29, 0.717) is 18.9 Å². The van der Waals surface area contributed by atoms with Gasteiger partial charge in [0, 0.05) is 45.2 Å². The Morgan fingerprint density at radius 3 is 3.00 bits per heavy atom. The topological polar surface area (TPSA) is 99.3 Å². The molecule has 2 amide bonds. The van der Waals surface area contributed by atoms with E-state index in [2.05, 4.69) is 20.6 Å².